The molecule has 0 bridgehead atoms. The first kappa shape index (κ1) is 16.8. The molecule has 20 heavy (non-hydrogen) atoms. The van der Waals surface area contributed by atoms with Crippen LogP contribution in [0.5, 0.6) is 0 Å². The summed E-state index contributed by atoms with van der Waals surface area (Å²) in [7, 11) is 0. The molecule has 1 aliphatic rings. The Morgan fingerprint density at radius 3 is 2.60 bits per heavy atom. The molecule has 0 aliphatic carbocycles. The second-order valence-electron chi connectivity index (χ2n) is 6.05. The Hall–Kier alpha value is -1.30. The number of nitrogens with zero attached hydrogens (tertiary/aromatic N) is 1. The predicted molar refractivity (Wildman–Crippen MR) is 75.4 cm³/mol. The van der Waals surface area contributed by atoms with E-state index in [9.17, 15) is 9.59 Å². The van der Waals surface area contributed by atoms with Gasteiger partial charge >= 0.3 is 12.1 Å². The Balaban J connectivity index is 2.40. The monoisotopic (exact) mass is 286 g/mol. The van der Waals surface area contributed by atoms with Gasteiger partial charge in [0.1, 0.15) is 11.6 Å². The van der Waals surface area contributed by atoms with Crippen molar-refractivity contribution in [3.8, 4) is 0 Å². The Kier molecular flexibility index (Phi) is 5.80. The smallest absolute Gasteiger partial charge is 0.410 e. The number of rotatable bonds is 4. The Labute approximate surface area is 120 Å². The van der Waals surface area contributed by atoms with Crippen LogP contribution < -0.4 is 5.32 Å². The van der Waals surface area contributed by atoms with Crippen molar-refractivity contribution in [2.75, 3.05) is 19.7 Å². The summed E-state index contributed by atoms with van der Waals surface area (Å²) in [5.74, 6) is -0.261. The minimum atomic E-state index is -0.485. The zero-order chi connectivity index (χ0) is 15.3. The minimum absolute atomic E-state index is 0.0990. The van der Waals surface area contributed by atoms with Crippen molar-refractivity contribution in [3.05, 3.63) is 0 Å². The van der Waals surface area contributed by atoms with E-state index in [0.717, 1.165) is 6.42 Å². The Morgan fingerprint density at radius 2 is 2.05 bits per heavy atom. The predicted octanol–water partition coefficient (Wildman–Crippen LogP) is 1.54. The quantitative estimate of drug-likeness (QED) is 0.794. The highest BCUT2D eigenvalue weighted by Gasteiger charge is 2.31. The van der Waals surface area contributed by atoms with Crippen LogP contribution in [0.3, 0.4) is 0 Å². The Morgan fingerprint density at radius 1 is 1.40 bits per heavy atom. The second kappa shape index (κ2) is 6.92. The average Bonchev–Trinajstić information content (AvgIpc) is 2.75. The van der Waals surface area contributed by atoms with Crippen LogP contribution in [0.15, 0.2) is 0 Å². The maximum Gasteiger partial charge on any atom is 0.410 e. The van der Waals surface area contributed by atoms with Crippen molar-refractivity contribution >= 4 is 12.1 Å². The molecule has 1 heterocycles. The zero-order valence-corrected chi connectivity index (χ0v) is 13.1. The summed E-state index contributed by atoms with van der Waals surface area (Å²) in [6.07, 6.45) is 0.508. The third-order valence-corrected chi connectivity index (χ3v) is 2.97. The standard InChI is InChI=1S/C14H26N2O4/c1-6-19-12(17)10(2)15-11-7-8-16(9-11)13(18)20-14(3,4)5/h10-11,15H,6-9H2,1-5H3. The summed E-state index contributed by atoms with van der Waals surface area (Å²) in [5.41, 5.74) is -0.485. The lowest BCUT2D eigenvalue weighted by Gasteiger charge is -2.24. The van der Waals surface area contributed by atoms with Crippen LogP contribution in [0.4, 0.5) is 4.79 Å². The first-order chi connectivity index (χ1) is 9.23. The molecule has 6 nitrogen and oxygen atoms in total. The number of hydrogen-bond donors (Lipinski definition) is 1. The van der Waals surface area contributed by atoms with Crippen LogP contribution in [0.1, 0.15) is 41.0 Å². The highest BCUT2D eigenvalue weighted by atomic mass is 16.6. The summed E-state index contributed by atoms with van der Waals surface area (Å²) < 4.78 is 10.3. The van der Waals surface area contributed by atoms with Gasteiger partial charge in [-0.3, -0.25) is 10.1 Å². The maximum absolute atomic E-state index is 11.9. The average molecular weight is 286 g/mol. The number of carbonyl (C=O) groups is 2. The number of hydrogen-bond acceptors (Lipinski definition) is 5. The topological polar surface area (TPSA) is 67.9 Å². The molecule has 1 amide bonds. The fraction of sp³-hybridized carbons (Fsp3) is 0.857. The van der Waals surface area contributed by atoms with Crippen molar-refractivity contribution in [2.24, 2.45) is 0 Å². The van der Waals surface area contributed by atoms with Gasteiger partial charge in [-0.05, 0) is 41.0 Å². The van der Waals surface area contributed by atoms with Crippen molar-refractivity contribution in [1.29, 1.82) is 0 Å². The van der Waals surface area contributed by atoms with E-state index in [4.69, 9.17) is 9.47 Å². The van der Waals surface area contributed by atoms with E-state index in [1.807, 2.05) is 20.8 Å². The molecule has 1 saturated heterocycles. The molecule has 6 heteroatoms. The number of nitrogens with one attached hydrogen (secondary N) is 1. The molecule has 1 rings (SSSR count). The van der Waals surface area contributed by atoms with Crippen molar-refractivity contribution < 1.29 is 19.1 Å². The summed E-state index contributed by atoms with van der Waals surface area (Å²) in [6, 6.07) is -0.263. The van der Waals surface area contributed by atoms with Gasteiger partial charge in [-0.15, -0.1) is 0 Å². The van der Waals surface area contributed by atoms with Gasteiger partial charge in [0.15, 0.2) is 0 Å². The van der Waals surface area contributed by atoms with Crippen molar-refractivity contribution in [3.63, 3.8) is 0 Å². The van der Waals surface area contributed by atoms with Crippen LogP contribution in [0.2, 0.25) is 0 Å². The zero-order valence-electron chi connectivity index (χ0n) is 13.1. The van der Waals surface area contributed by atoms with Gasteiger partial charge in [-0.2, -0.15) is 0 Å². The molecule has 2 atom stereocenters. The molecule has 0 radical (unpaired) electrons. The van der Waals surface area contributed by atoms with E-state index in [2.05, 4.69) is 5.32 Å². The van der Waals surface area contributed by atoms with Gasteiger partial charge in [0.25, 0.3) is 0 Å². The van der Waals surface area contributed by atoms with Crippen LogP contribution in [0.25, 0.3) is 0 Å². The van der Waals surface area contributed by atoms with Crippen molar-refractivity contribution in [2.45, 2.75) is 58.7 Å². The molecule has 0 spiro atoms. The van der Waals surface area contributed by atoms with E-state index in [-0.39, 0.29) is 24.1 Å². The highest BCUT2D eigenvalue weighted by Crippen LogP contribution is 2.15. The van der Waals surface area contributed by atoms with Crippen LogP contribution in [-0.2, 0) is 14.3 Å². The van der Waals surface area contributed by atoms with Gasteiger partial charge in [0.2, 0.25) is 0 Å². The first-order valence-electron chi connectivity index (χ1n) is 7.13. The van der Waals surface area contributed by atoms with E-state index in [0.29, 0.717) is 19.7 Å². The Bertz CT molecular complexity index is 352. The highest BCUT2D eigenvalue weighted by molar-refractivity contribution is 5.75. The molecule has 2 unspecified atom stereocenters. The SMILES string of the molecule is CCOC(=O)C(C)NC1CCN(C(=O)OC(C)(C)C)C1. The van der Waals surface area contributed by atoms with E-state index < -0.39 is 5.60 Å². The van der Waals surface area contributed by atoms with Gasteiger partial charge in [-0.1, -0.05) is 0 Å². The minimum Gasteiger partial charge on any atom is -0.465 e. The summed E-state index contributed by atoms with van der Waals surface area (Å²) in [6.45, 7) is 10.7. The normalized spacial score (nSPS) is 20.6. The van der Waals surface area contributed by atoms with Gasteiger partial charge in [-0.25, -0.2) is 4.79 Å². The molecular formula is C14H26N2O4. The summed E-state index contributed by atoms with van der Waals surface area (Å²) in [5, 5.41) is 3.19. The lowest BCUT2D eigenvalue weighted by atomic mass is 10.2. The fourth-order valence-electron chi connectivity index (χ4n) is 2.08. The molecule has 0 saturated carbocycles. The lowest BCUT2D eigenvalue weighted by molar-refractivity contribution is -0.145. The number of carbonyl (C=O) groups excluding carboxylic acids is 2. The largest absolute Gasteiger partial charge is 0.465 e. The molecule has 1 aliphatic heterocycles. The molecular weight excluding hydrogens is 260 g/mol. The molecule has 0 aromatic rings. The fourth-order valence-corrected chi connectivity index (χ4v) is 2.08. The van der Waals surface area contributed by atoms with Crippen LogP contribution >= 0.6 is 0 Å². The number of ether oxygens (including phenoxy) is 2. The van der Waals surface area contributed by atoms with Crippen molar-refractivity contribution in [1.82, 2.24) is 10.2 Å². The molecule has 1 fully saturated rings. The van der Waals surface area contributed by atoms with Gasteiger partial charge in [0.05, 0.1) is 6.61 Å². The number of likely N-dealkylation sites (tertiary alicyclic amines) is 1. The third kappa shape index (κ3) is 5.36. The third-order valence-electron chi connectivity index (χ3n) is 2.97. The summed E-state index contributed by atoms with van der Waals surface area (Å²) in [4.78, 5) is 25.1. The van der Waals surface area contributed by atoms with Gasteiger partial charge < -0.3 is 14.4 Å². The molecule has 0 aromatic carbocycles. The van der Waals surface area contributed by atoms with E-state index >= 15 is 0 Å². The van der Waals surface area contributed by atoms with Crippen LogP contribution in [-0.4, -0.2) is 54.3 Å². The number of esters is 1. The van der Waals surface area contributed by atoms with Crippen LogP contribution in [0, 0.1) is 0 Å². The van der Waals surface area contributed by atoms with E-state index in [1.165, 1.54) is 0 Å². The van der Waals surface area contributed by atoms with E-state index in [1.54, 1.807) is 18.7 Å². The van der Waals surface area contributed by atoms with Gasteiger partial charge in [0, 0.05) is 19.1 Å². The molecule has 116 valence electrons. The summed E-state index contributed by atoms with van der Waals surface area (Å²) >= 11 is 0. The molecule has 0 aromatic heterocycles. The molecule has 1 N–H and O–H groups in total. The first-order valence-corrected chi connectivity index (χ1v) is 7.13. The number of amides is 1. The maximum atomic E-state index is 11.9. The second-order valence-corrected chi connectivity index (χ2v) is 6.05. The lowest BCUT2D eigenvalue weighted by Crippen LogP contribution is -2.44.